The first-order valence-electron chi connectivity index (χ1n) is 9.63. The molecule has 0 radical (unpaired) electrons. The van der Waals surface area contributed by atoms with E-state index in [0.29, 0.717) is 42.9 Å². The molecule has 3 heterocycles. The summed E-state index contributed by atoms with van der Waals surface area (Å²) in [6, 6.07) is 9.13. The fourth-order valence-electron chi connectivity index (χ4n) is 3.75. The fraction of sp³-hybridized carbons (Fsp3) is 0.476. The van der Waals surface area contributed by atoms with Crippen molar-refractivity contribution in [3.63, 3.8) is 0 Å². The number of fused-ring (bicyclic) bond motifs is 1. The number of carbonyl (C=O) groups is 2. The Labute approximate surface area is 164 Å². The third kappa shape index (κ3) is 3.15. The predicted octanol–water partition coefficient (Wildman–Crippen LogP) is 2.47. The number of carbonyl (C=O) groups excluding carboxylic acids is 2. The number of aryl methyl sites for hydroxylation is 1. The first kappa shape index (κ1) is 18.5. The summed E-state index contributed by atoms with van der Waals surface area (Å²) in [6.45, 7) is 7.26. The molecule has 0 atom stereocenters. The van der Waals surface area contributed by atoms with Gasteiger partial charge in [-0.25, -0.2) is 0 Å². The second-order valence-electron chi connectivity index (χ2n) is 8.63. The van der Waals surface area contributed by atoms with Crippen molar-refractivity contribution >= 4 is 11.8 Å². The quantitative estimate of drug-likeness (QED) is 0.822. The Hall–Kier alpha value is -2.83. The van der Waals surface area contributed by atoms with E-state index >= 15 is 0 Å². The van der Waals surface area contributed by atoms with Gasteiger partial charge >= 0.3 is 0 Å². The van der Waals surface area contributed by atoms with E-state index in [1.807, 2.05) is 29.2 Å². The molecule has 2 aliphatic rings. The molecule has 0 saturated carbocycles. The predicted molar refractivity (Wildman–Crippen MR) is 104 cm³/mol. The van der Waals surface area contributed by atoms with Crippen molar-refractivity contribution in [1.29, 1.82) is 0 Å². The molecule has 1 aromatic carbocycles. The van der Waals surface area contributed by atoms with E-state index in [9.17, 15) is 9.59 Å². The monoisotopic (exact) mass is 382 g/mol. The summed E-state index contributed by atoms with van der Waals surface area (Å²) >= 11 is 0. The second-order valence-corrected chi connectivity index (χ2v) is 8.63. The van der Waals surface area contributed by atoms with Gasteiger partial charge in [-0.2, -0.15) is 5.10 Å². The van der Waals surface area contributed by atoms with Crippen LogP contribution in [-0.4, -0.2) is 45.3 Å². The lowest BCUT2D eigenvalue weighted by atomic mass is 9.92. The van der Waals surface area contributed by atoms with Gasteiger partial charge in [0.1, 0.15) is 11.4 Å². The van der Waals surface area contributed by atoms with Crippen molar-refractivity contribution in [2.75, 3.05) is 13.1 Å². The van der Waals surface area contributed by atoms with Crippen LogP contribution in [0.3, 0.4) is 0 Å². The van der Waals surface area contributed by atoms with Crippen molar-refractivity contribution in [2.24, 2.45) is 7.05 Å². The van der Waals surface area contributed by atoms with Crippen molar-refractivity contribution < 1.29 is 14.3 Å². The van der Waals surface area contributed by atoms with Gasteiger partial charge in [-0.05, 0) is 18.2 Å². The molecule has 7 nitrogen and oxygen atoms in total. The van der Waals surface area contributed by atoms with Gasteiger partial charge in [0, 0.05) is 38.4 Å². The molecular formula is C21H26N4O3. The molecule has 0 unspecified atom stereocenters. The minimum atomic E-state index is -0.745. The summed E-state index contributed by atoms with van der Waals surface area (Å²) in [5.74, 6) is 0.443. The van der Waals surface area contributed by atoms with Crippen LogP contribution in [0.25, 0.3) is 0 Å². The topological polar surface area (TPSA) is 76.5 Å². The molecule has 0 bridgehead atoms. The number of hydrogen-bond acceptors (Lipinski definition) is 4. The zero-order valence-corrected chi connectivity index (χ0v) is 16.8. The van der Waals surface area contributed by atoms with Crippen LogP contribution in [0, 0.1) is 0 Å². The maximum absolute atomic E-state index is 13.0. The van der Waals surface area contributed by atoms with Crippen molar-refractivity contribution in [3.8, 4) is 5.75 Å². The highest BCUT2D eigenvalue weighted by molar-refractivity contribution is 5.98. The third-order valence-corrected chi connectivity index (χ3v) is 5.50. The van der Waals surface area contributed by atoms with E-state index in [4.69, 9.17) is 4.74 Å². The Morgan fingerprint density at radius 1 is 1.21 bits per heavy atom. The SMILES string of the molecule is Cn1nc(C(C)(C)C)cc1C(=O)N1CCC2(CC1)NC(=O)c1ccccc1O2. The van der Waals surface area contributed by atoms with Gasteiger partial charge < -0.3 is 15.0 Å². The van der Waals surface area contributed by atoms with E-state index in [-0.39, 0.29) is 17.2 Å². The second kappa shape index (κ2) is 6.36. The Bertz CT molecular complexity index is 933. The number of benzene rings is 1. The normalized spacial score (nSPS) is 18.4. The molecular weight excluding hydrogens is 356 g/mol. The molecule has 0 aliphatic carbocycles. The van der Waals surface area contributed by atoms with Crippen LogP contribution in [0.4, 0.5) is 0 Å². The zero-order chi connectivity index (χ0) is 20.1. The van der Waals surface area contributed by atoms with Crippen LogP contribution in [0.2, 0.25) is 0 Å². The van der Waals surface area contributed by atoms with E-state index in [1.54, 1.807) is 17.8 Å². The molecule has 1 spiro atoms. The molecule has 148 valence electrons. The summed E-state index contributed by atoms with van der Waals surface area (Å²) in [6.07, 6.45) is 1.09. The summed E-state index contributed by atoms with van der Waals surface area (Å²) in [5, 5.41) is 7.51. The summed E-state index contributed by atoms with van der Waals surface area (Å²) in [7, 11) is 1.80. The zero-order valence-electron chi connectivity index (χ0n) is 16.8. The standard InChI is InChI=1S/C21H26N4O3/c1-20(2,3)17-13-15(24(4)23-17)19(27)25-11-9-21(10-12-25)22-18(26)14-7-5-6-8-16(14)28-21/h5-8,13H,9-12H2,1-4H3,(H,22,26). The average molecular weight is 382 g/mol. The van der Waals surface area contributed by atoms with Crippen LogP contribution in [0.1, 0.15) is 60.2 Å². The van der Waals surface area contributed by atoms with Crippen LogP contribution < -0.4 is 10.1 Å². The van der Waals surface area contributed by atoms with E-state index in [0.717, 1.165) is 5.69 Å². The van der Waals surface area contributed by atoms with Crippen molar-refractivity contribution in [1.82, 2.24) is 20.0 Å². The molecule has 2 amide bonds. The van der Waals surface area contributed by atoms with Gasteiger partial charge in [0.15, 0.2) is 5.72 Å². The Morgan fingerprint density at radius 2 is 1.89 bits per heavy atom. The summed E-state index contributed by atoms with van der Waals surface area (Å²) < 4.78 is 7.80. The number of ether oxygens (including phenoxy) is 1. The van der Waals surface area contributed by atoms with E-state index < -0.39 is 5.72 Å². The Kier molecular flexibility index (Phi) is 4.21. The summed E-state index contributed by atoms with van der Waals surface area (Å²) in [4.78, 5) is 27.3. The van der Waals surface area contributed by atoms with Crippen LogP contribution in [0.5, 0.6) is 5.75 Å². The highest BCUT2D eigenvalue weighted by atomic mass is 16.5. The van der Waals surface area contributed by atoms with E-state index in [2.05, 4.69) is 31.2 Å². The maximum atomic E-state index is 13.0. The lowest BCUT2D eigenvalue weighted by molar-refractivity contribution is -0.0247. The third-order valence-electron chi connectivity index (χ3n) is 5.50. The van der Waals surface area contributed by atoms with Crippen LogP contribution >= 0.6 is 0 Å². The Morgan fingerprint density at radius 3 is 2.54 bits per heavy atom. The highest BCUT2D eigenvalue weighted by Gasteiger charge is 2.43. The van der Waals surface area contributed by atoms with Crippen LogP contribution in [-0.2, 0) is 12.5 Å². The maximum Gasteiger partial charge on any atom is 0.272 e. The molecule has 4 rings (SSSR count). The first-order valence-corrected chi connectivity index (χ1v) is 9.63. The number of nitrogens with one attached hydrogen (secondary N) is 1. The lowest BCUT2D eigenvalue weighted by Gasteiger charge is -2.44. The highest BCUT2D eigenvalue weighted by Crippen LogP contribution is 2.33. The molecule has 28 heavy (non-hydrogen) atoms. The minimum Gasteiger partial charge on any atom is -0.467 e. The van der Waals surface area contributed by atoms with Gasteiger partial charge in [-0.15, -0.1) is 0 Å². The van der Waals surface area contributed by atoms with Gasteiger partial charge in [0.05, 0.1) is 11.3 Å². The van der Waals surface area contributed by atoms with Crippen molar-refractivity contribution in [2.45, 2.75) is 44.8 Å². The Balaban J connectivity index is 1.49. The number of para-hydroxylation sites is 1. The number of piperidine rings is 1. The van der Waals surface area contributed by atoms with Gasteiger partial charge in [-0.1, -0.05) is 32.9 Å². The molecule has 7 heteroatoms. The largest absolute Gasteiger partial charge is 0.467 e. The van der Waals surface area contributed by atoms with Gasteiger partial charge in [-0.3, -0.25) is 14.3 Å². The summed E-state index contributed by atoms with van der Waals surface area (Å²) in [5.41, 5.74) is 1.17. The molecule has 2 aromatic rings. The molecule has 1 N–H and O–H groups in total. The van der Waals surface area contributed by atoms with Gasteiger partial charge in [0.25, 0.3) is 11.8 Å². The lowest BCUT2D eigenvalue weighted by Crippen LogP contribution is -2.61. The van der Waals surface area contributed by atoms with Crippen molar-refractivity contribution in [3.05, 3.63) is 47.3 Å². The van der Waals surface area contributed by atoms with E-state index in [1.165, 1.54) is 0 Å². The first-order chi connectivity index (χ1) is 13.2. The molecule has 2 aliphatic heterocycles. The van der Waals surface area contributed by atoms with Crippen LogP contribution in [0.15, 0.2) is 30.3 Å². The number of nitrogens with zero attached hydrogens (tertiary/aromatic N) is 3. The molecule has 1 saturated heterocycles. The fourth-order valence-corrected chi connectivity index (χ4v) is 3.75. The smallest absolute Gasteiger partial charge is 0.272 e. The number of amides is 2. The number of rotatable bonds is 1. The average Bonchev–Trinajstić information content (AvgIpc) is 3.04. The number of aromatic nitrogens is 2. The molecule has 1 aromatic heterocycles. The molecule has 1 fully saturated rings. The van der Waals surface area contributed by atoms with Gasteiger partial charge in [0.2, 0.25) is 0 Å². The number of likely N-dealkylation sites (tertiary alicyclic amines) is 1. The minimum absolute atomic E-state index is 0.0390. The number of hydrogen-bond donors (Lipinski definition) is 1.